The maximum atomic E-state index is 11.9. The van der Waals surface area contributed by atoms with Crippen molar-refractivity contribution in [1.82, 2.24) is 10.6 Å². The summed E-state index contributed by atoms with van der Waals surface area (Å²) in [7, 11) is 0. The van der Waals surface area contributed by atoms with Gasteiger partial charge in [0.1, 0.15) is 0 Å². The Labute approximate surface area is 96.2 Å². The second kappa shape index (κ2) is 5.12. The summed E-state index contributed by atoms with van der Waals surface area (Å²) < 4.78 is 0. The van der Waals surface area contributed by atoms with Crippen molar-refractivity contribution in [3.8, 4) is 0 Å². The summed E-state index contributed by atoms with van der Waals surface area (Å²) in [6.45, 7) is 3.79. The van der Waals surface area contributed by atoms with Crippen LogP contribution in [-0.4, -0.2) is 19.0 Å². The maximum absolute atomic E-state index is 11.9. The van der Waals surface area contributed by atoms with E-state index in [2.05, 4.69) is 10.6 Å². The second-order valence-electron chi connectivity index (χ2n) is 4.33. The summed E-state index contributed by atoms with van der Waals surface area (Å²) in [5.41, 5.74) is 1.15. The number of hydrogen-bond acceptors (Lipinski definition) is 2. The lowest BCUT2D eigenvalue weighted by atomic mass is 10.1. The van der Waals surface area contributed by atoms with Gasteiger partial charge in [0.05, 0.1) is 12.0 Å². The van der Waals surface area contributed by atoms with Crippen LogP contribution in [0.3, 0.4) is 0 Å². The third kappa shape index (κ3) is 2.61. The molecule has 2 N–H and O–H groups in total. The van der Waals surface area contributed by atoms with Crippen LogP contribution in [0.15, 0.2) is 30.3 Å². The number of carbonyl (C=O) groups is 1. The van der Waals surface area contributed by atoms with Crippen LogP contribution in [0.5, 0.6) is 0 Å². The van der Waals surface area contributed by atoms with Gasteiger partial charge in [0, 0.05) is 6.54 Å². The highest BCUT2D eigenvalue weighted by molar-refractivity contribution is 5.79. The van der Waals surface area contributed by atoms with E-state index >= 15 is 0 Å². The SMILES string of the molecule is C[C@H](NC(=O)[C@H]1CCNC1)c1ccccc1. The summed E-state index contributed by atoms with van der Waals surface area (Å²) in [5, 5.41) is 6.26. The highest BCUT2D eigenvalue weighted by Crippen LogP contribution is 2.14. The van der Waals surface area contributed by atoms with Gasteiger partial charge in [-0.1, -0.05) is 30.3 Å². The molecular weight excluding hydrogens is 200 g/mol. The predicted octanol–water partition coefficient (Wildman–Crippen LogP) is 1.47. The first-order chi connectivity index (χ1) is 7.77. The average Bonchev–Trinajstić information content (AvgIpc) is 2.83. The maximum Gasteiger partial charge on any atom is 0.224 e. The number of benzene rings is 1. The predicted molar refractivity (Wildman–Crippen MR) is 64.0 cm³/mol. The molecule has 0 aliphatic carbocycles. The fourth-order valence-corrected chi connectivity index (χ4v) is 2.03. The van der Waals surface area contributed by atoms with Crippen molar-refractivity contribution in [3.63, 3.8) is 0 Å². The van der Waals surface area contributed by atoms with E-state index in [1.54, 1.807) is 0 Å². The first-order valence-corrected chi connectivity index (χ1v) is 5.83. The number of rotatable bonds is 3. The van der Waals surface area contributed by atoms with E-state index in [4.69, 9.17) is 0 Å². The molecule has 3 heteroatoms. The van der Waals surface area contributed by atoms with Crippen molar-refractivity contribution in [2.75, 3.05) is 13.1 Å². The van der Waals surface area contributed by atoms with Gasteiger partial charge < -0.3 is 10.6 Å². The molecule has 2 rings (SSSR count). The number of carbonyl (C=O) groups excluding carboxylic acids is 1. The topological polar surface area (TPSA) is 41.1 Å². The minimum atomic E-state index is 0.0919. The van der Waals surface area contributed by atoms with E-state index in [9.17, 15) is 4.79 Å². The van der Waals surface area contributed by atoms with Crippen molar-refractivity contribution in [3.05, 3.63) is 35.9 Å². The first kappa shape index (κ1) is 11.1. The van der Waals surface area contributed by atoms with Gasteiger partial charge in [-0.3, -0.25) is 4.79 Å². The number of nitrogens with one attached hydrogen (secondary N) is 2. The van der Waals surface area contributed by atoms with Crippen molar-refractivity contribution >= 4 is 5.91 Å². The van der Waals surface area contributed by atoms with Crippen LogP contribution in [0, 0.1) is 5.92 Å². The highest BCUT2D eigenvalue weighted by atomic mass is 16.2. The third-order valence-corrected chi connectivity index (χ3v) is 3.09. The van der Waals surface area contributed by atoms with Gasteiger partial charge >= 0.3 is 0 Å². The molecule has 1 aliphatic heterocycles. The largest absolute Gasteiger partial charge is 0.349 e. The molecule has 1 saturated heterocycles. The second-order valence-corrected chi connectivity index (χ2v) is 4.33. The van der Waals surface area contributed by atoms with Crippen molar-refractivity contribution < 1.29 is 4.79 Å². The summed E-state index contributed by atoms with van der Waals surface area (Å²) in [5.74, 6) is 0.313. The van der Waals surface area contributed by atoms with Gasteiger partial charge in [0.25, 0.3) is 0 Å². The Morgan fingerprint density at radius 2 is 2.19 bits per heavy atom. The number of amides is 1. The quantitative estimate of drug-likeness (QED) is 0.806. The Hall–Kier alpha value is -1.35. The zero-order valence-corrected chi connectivity index (χ0v) is 9.57. The van der Waals surface area contributed by atoms with Gasteiger partial charge in [0.2, 0.25) is 5.91 Å². The molecule has 0 spiro atoms. The summed E-state index contributed by atoms with van der Waals surface area (Å²) >= 11 is 0. The molecule has 16 heavy (non-hydrogen) atoms. The Morgan fingerprint density at radius 3 is 2.81 bits per heavy atom. The summed E-state index contributed by atoms with van der Waals surface area (Å²) in [6.07, 6.45) is 0.952. The van der Waals surface area contributed by atoms with Crippen LogP contribution >= 0.6 is 0 Å². The Bertz CT molecular complexity index is 344. The standard InChI is InChI=1S/C13H18N2O/c1-10(11-5-3-2-4-6-11)15-13(16)12-7-8-14-9-12/h2-6,10,12,14H,7-9H2,1H3,(H,15,16)/t10-,12-/m0/s1. The van der Waals surface area contributed by atoms with Crippen LogP contribution in [-0.2, 0) is 4.79 Å². The number of hydrogen-bond donors (Lipinski definition) is 2. The van der Waals surface area contributed by atoms with Gasteiger partial charge in [-0.2, -0.15) is 0 Å². The van der Waals surface area contributed by atoms with Crippen LogP contribution in [0.4, 0.5) is 0 Å². The molecule has 86 valence electrons. The Morgan fingerprint density at radius 1 is 1.44 bits per heavy atom. The van der Waals surface area contributed by atoms with E-state index in [1.165, 1.54) is 0 Å². The van der Waals surface area contributed by atoms with Crippen LogP contribution in [0.1, 0.15) is 24.9 Å². The molecule has 1 aromatic rings. The lowest BCUT2D eigenvalue weighted by Crippen LogP contribution is -2.33. The molecule has 0 aromatic heterocycles. The van der Waals surface area contributed by atoms with E-state index in [1.807, 2.05) is 37.3 Å². The summed E-state index contributed by atoms with van der Waals surface area (Å²) in [4.78, 5) is 11.9. The zero-order chi connectivity index (χ0) is 11.4. The molecule has 0 unspecified atom stereocenters. The molecule has 0 saturated carbocycles. The molecule has 0 bridgehead atoms. The minimum absolute atomic E-state index is 0.0919. The van der Waals surface area contributed by atoms with Crippen LogP contribution < -0.4 is 10.6 Å². The average molecular weight is 218 g/mol. The summed E-state index contributed by atoms with van der Waals surface area (Å²) in [6, 6.07) is 10.1. The minimum Gasteiger partial charge on any atom is -0.349 e. The molecule has 0 radical (unpaired) electrons. The van der Waals surface area contributed by atoms with Gasteiger partial charge in [-0.15, -0.1) is 0 Å². The molecular formula is C13H18N2O. The van der Waals surface area contributed by atoms with Crippen LogP contribution in [0.25, 0.3) is 0 Å². The molecule has 1 aromatic carbocycles. The smallest absolute Gasteiger partial charge is 0.224 e. The van der Waals surface area contributed by atoms with Gasteiger partial charge in [0.15, 0.2) is 0 Å². The molecule has 1 heterocycles. The normalized spacial score (nSPS) is 21.7. The van der Waals surface area contributed by atoms with Crippen molar-refractivity contribution in [2.24, 2.45) is 5.92 Å². The van der Waals surface area contributed by atoms with E-state index < -0.39 is 0 Å². The fraction of sp³-hybridized carbons (Fsp3) is 0.462. The lowest BCUT2D eigenvalue weighted by molar-refractivity contribution is -0.125. The highest BCUT2D eigenvalue weighted by Gasteiger charge is 2.23. The zero-order valence-electron chi connectivity index (χ0n) is 9.57. The van der Waals surface area contributed by atoms with Gasteiger partial charge in [-0.05, 0) is 25.5 Å². The first-order valence-electron chi connectivity index (χ1n) is 5.83. The monoisotopic (exact) mass is 218 g/mol. The lowest BCUT2D eigenvalue weighted by Gasteiger charge is -2.16. The molecule has 3 nitrogen and oxygen atoms in total. The molecule has 1 fully saturated rings. The van der Waals surface area contributed by atoms with Crippen LogP contribution in [0.2, 0.25) is 0 Å². The van der Waals surface area contributed by atoms with Crippen molar-refractivity contribution in [2.45, 2.75) is 19.4 Å². The van der Waals surface area contributed by atoms with E-state index in [0.717, 1.165) is 25.1 Å². The molecule has 2 atom stereocenters. The van der Waals surface area contributed by atoms with E-state index in [0.29, 0.717) is 0 Å². The Kier molecular flexibility index (Phi) is 3.57. The van der Waals surface area contributed by atoms with Crippen molar-refractivity contribution in [1.29, 1.82) is 0 Å². The Balaban J connectivity index is 1.92. The molecule has 1 aliphatic rings. The van der Waals surface area contributed by atoms with E-state index in [-0.39, 0.29) is 17.9 Å². The molecule has 1 amide bonds. The fourth-order valence-electron chi connectivity index (χ4n) is 2.03. The van der Waals surface area contributed by atoms with Gasteiger partial charge in [-0.25, -0.2) is 0 Å². The third-order valence-electron chi connectivity index (χ3n) is 3.09.